The fourth-order valence-corrected chi connectivity index (χ4v) is 4.38. The van der Waals surface area contributed by atoms with E-state index in [2.05, 4.69) is 16.0 Å². The molecule has 1 aliphatic rings. The van der Waals surface area contributed by atoms with Crippen LogP contribution in [-0.4, -0.2) is 60.7 Å². The van der Waals surface area contributed by atoms with Crippen molar-refractivity contribution in [3.05, 3.63) is 66.0 Å². The smallest absolute Gasteiger partial charge is 0.254 e. The van der Waals surface area contributed by atoms with Crippen LogP contribution in [-0.2, 0) is 10.0 Å². The number of hydrogen-bond donors (Lipinski definition) is 1. The molecule has 1 N–H and O–H groups in total. The third-order valence-corrected chi connectivity index (χ3v) is 7.00. The Morgan fingerprint density at radius 3 is 2.59 bits per heavy atom. The summed E-state index contributed by atoms with van der Waals surface area (Å²) in [6, 6.07) is 10.1. The molecule has 3 aromatic rings. The minimum absolute atomic E-state index is 0.102. The molecule has 29 heavy (non-hydrogen) atoms. The molecule has 0 bridgehead atoms. The Morgan fingerprint density at radius 1 is 1.17 bits per heavy atom. The second kappa shape index (κ2) is 7.46. The molecule has 4 rings (SSSR count). The maximum absolute atomic E-state index is 12.8. The summed E-state index contributed by atoms with van der Waals surface area (Å²) in [7, 11) is -0.540. The van der Waals surface area contributed by atoms with Crippen LogP contribution < -0.4 is 0 Å². The molecule has 1 amide bonds. The highest BCUT2D eigenvalue weighted by atomic mass is 32.2. The van der Waals surface area contributed by atoms with Gasteiger partial charge in [0.1, 0.15) is 5.65 Å². The predicted molar refractivity (Wildman–Crippen MR) is 112 cm³/mol. The lowest BCUT2D eigenvalue weighted by Crippen LogP contribution is -2.34. The Bertz CT molecular complexity index is 1190. The van der Waals surface area contributed by atoms with Gasteiger partial charge in [0.25, 0.3) is 5.91 Å². The highest BCUT2D eigenvalue weighted by molar-refractivity contribution is 7.89. The van der Waals surface area contributed by atoms with Gasteiger partial charge in [-0.15, -0.1) is 0 Å². The Kier molecular flexibility index (Phi) is 4.97. The van der Waals surface area contributed by atoms with Crippen LogP contribution in [0, 0.1) is 0 Å². The van der Waals surface area contributed by atoms with Crippen LogP contribution >= 0.6 is 0 Å². The molecule has 150 valence electrons. The number of rotatable bonds is 4. The number of nitrogens with zero attached hydrogens (tertiary/aromatic N) is 3. The Hall–Kier alpha value is -2.97. The molecule has 7 nitrogen and oxygen atoms in total. The number of sulfonamides is 1. The molecule has 0 radical (unpaired) electrons. The number of H-pyrrole nitrogens is 1. The molecule has 1 aromatic carbocycles. The van der Waals surface area contributed by atoms with Crippen LogP contribution in [0.3, 0.4) is 0 Å². The zero-order valence-electron chi connectivity index (χ0n) is 16.3. The number of benzene rings is 1. The largest absolute Gasteiger partial charge is 0.346 e. The second-order valence-electron chi connectivity index (χ2n) is 7.14. The average Bonchev–Trinajstić information content (AvgIpc) is 3.17. The van der Waals surface area contributed by atoms with E-state index in [-0.39, 0.29) is 10.8 Å². The van der Waals surface area contributed by atoms with Gasteiger partial charge in [-0.2, -0.15) is 0 Å². The Labute approximate surface area is 169 Å². The molecule has 0 saturated heterocycles. The lowest BCUT2D eigenvalue weighted by Gasteiger charge is -2.26. The van der Waals surface area contributed by atoms with Crippen molar-refractivity contribution < 1.29 is 13.2 Å². The molecule has 8 heteroatoms. The minimum Gasteiger partial charge on any atom is -0.346 e. The number of amides is 1. The van der Waals surface area contributed by atoms with E-state index >= 15 is 0 Å². The zero-order valence-corrected chi connectivity index (χ0v) is 17.1. The number of aromatic amines is 1. The van der Waals surface area contributed by atoms with Gasteiger partial charge in [-0.05, 0) is 48.4 Å². The fourth-order valence-electron chi connectivity index (χ4n) is 3.48. The van der Waals surface area contributed by atoms with Gasteiger partial charge in [-0.1, -0.05) is 6.08 Å². The number of hydrogen-bond acceptors (Lipinski definition) is 4. The number of carbonyl (C=O) groups excluding carboxylic acids is 1. The number of fused-ring (bicyclic) bond motifs is 1. The summed E-state index contributed by atoms with van der Waals surface area (Å²) in [4.78, 5) is 22.3. The van der Waals surface area contributed by atoms with Gasteiger partial charge in [0.15, 0.2) is 0 Å². The van der Waals surface area contributed by atoms with Gasteiger partial charge >= 0.3 is 0 Å². The minimum atomic E-state index is -3.50. The van der Waals surface area contributed by atoms with Crippen molar-refractivity contribution in [3.63, 3.8) is 0 Å². The molecule has 0 unspecified atom stereocenters. The molecule has 0 saturated carbocycles. The van der Waals surface area contributed by atoms with Crippen molar-refractivity contribution >= 4 is 32.5 Å². The predicted octanol–water partition coefficient (Wildman–Crippen LogP) is 2.74. The quantitative estimate of drug-likeness (QED) is 0.717. The van der Waals surface area contributed by atoms with Gasteiger partial charge in [-0.25, -0.2) is 17.7 Å². The number of pyridine rings is 1. The number of carbonyl (C=O) groups is 1. The summed E-state index contributed by atoms with van der Waals surface area (Å²) in [5.74, 6) is -0.102. The van der Waals surface area contributed by atoms with Crippen molar-refractivity contribution in [3.8, 4) is 0 Å². The maximum Gasteiger partial charge on any atom is 0.254 e. The van der Waals surface area contributed by atoms with E-state index in [1.165, 1.54) is 31.8 Å². The third kappa shape index (κ3) is 3.56. The van der Waals surface area contributed by atoms with Crippen LogP contribution in [0.1, 0.15) is 22.3 Å². The first-order valence-electron chi connectivity index (χ1n) is 9.31. The summed E-state index contributed by atoms with van der Waals surface area (Å²) in [5, 5.41) is 1.08. The molecule has 3 heterocycles. The van der Waals surface area contributed by atoms with E-state index in [4.69, 9.17) is 0 Å². The second-order valence-corrected chi connectivity index (χ2v) is 9.30. The molecular weight excluding hydrogens is 388 g/mol. The normalized spacial score (nSPS) is 15.0. The molecule has 0 atom stereocenters. The van der Waals surface area contributed by atoms with Crippen LogP contribution in [0.4, 0.5) is 0 Å². The molecule has 2 aromatic heterocycles. The number of aromatic nitrogens is 2. The lowest BCUT2D eigenvalue weighted by atomic mass is 9.99. The SMILES string of the molecule is CN(C)S(=O)(=O)c1ccc(C(=O)N2CC=C(c3c[nH]c4ncccc34)CC2)cc1. The van der Waals surface area contributed by atoms with Gasteiger partial charge in [0.2, 0.25) is 10.0 Å². The Balaban J connectivity index is 1.50. The van der Waals surface area contributed by atoms with Gasteiger partial charge in [-0.3, -0.25) is 4.79 Å². The summed E-state index contributed by atoms with van der Waals surface area (Å²) >= 11 is 0. The molecular formula is C21H22N4O3S. The first-order chi connectivity index (χ1) is 13.9. The molecule has 0 fully saturated rings. The highest BCUT2D eigenvalue weighted by Crippen LogP contribution is 2.28. The van der Waals surface area contributed by atoms with E-state index in [9.17, 15) is 13.2 Å². The summed E-state index contributed by atoms with van der Waals surface area (Å²) < 4.78 is 25.5. The van der Waals surface area contributed by atoms with E-state index in [0.29, 0.717) is 18.7 Å². The van der Waals surface area contributed by atoms with Crippen molar-refractivity contribution in [1.29, 1.82) is 0 Å². The topological polar surface area (TPSA) is 86.4 Å². The average molecular weight is 410 g/mol. The van der Waals surface area contributed by atoms with Crippen molar-refractivity contribution in [2.24, 2.45) is 0 Å². The van der Waals surface area contributed by atoms with Gasteiger partial charge < -0.3 is 9.88 Å². The van der Waals surface area contributed by atoms with E-state index in [1.54, 1.807) is 23.2 Å². The molecule has 0 spiro atoms. The number of nitrogens with one attached hydrogen (secondary N) is 1. The van der Waals surface area contributed by atoms with Crippen molar-refractivity contribution in [2.75, 3.05) is 27.2 Å². The standard InChI is InChI=1S/C21H22N4O3S/c1-24(2)29(27,28)17-7-5-16(6-8-17)21(26)25-12-9-15(10-13-25)19-14-23-20-18(19)4-3-11-22-20/h3-9,11,14H,10,12-13H2,1-2H3,(H,22,23). The summed E-state index contributed by atoms with van der Waals surface area (Å²) in [6.45, 7) is 1.12. The van der Waals surface area contributed by atoms with Crippen LogP contribution in [0.15, 0.2) is 59.8 Å². The van der Waals surface area contributed by atoms with E-state index < -0.39 is 10.0 Å². The summed E-state index contributed by atoms with van der Waals surface area (Å²) in [6.07, 6.45) is 6.54. The van der Waals surface area contributed by atoms with E-state index in [1.807, 2.05) is 18.3 Å². The van der Waals surface area contributed by atoms with Crippen molar-refractivity contribution in [2.45, 2.75) is 11.3 Å². The van der Waals surface area contributed by atoms with Crippen LogP contribution in [0.25, 0.3) is 16.6 Å². The first-order valence-corrected chi connectivity index (χ1v) is 10.8. The summed E-state index contributed by atoms with van der Waals surface area (Å²) in [5.41, 5.74) is 3.66. The first kappa shape index (κ1) is 19.4. The van der Waals surface area contributed by atoms with E-state index in [0.717, 1.165) is 27.3 Å². The maximum atomic E-state index is 12.8. The molecule has 0 aliphatic carbocycles. The monoisotopic (exact) mass is 410 g/mol. The third-order valence-electron chi connectivity index (χ3n) is 5.17. The van der Waals surface area contributed by atoms with Crippen LogP contribution in [0.5, 0.6) is 0 Å². The Morgan fingerprint density at radius 2 is 1.93 bits per heavy atom. The van der Waals surface area contributed by atoms with Crippen molar-refractivity contribution in [1.82, 2.24) is 19.2 Å². The van der Waals surface area contributed by atoms with Crippen LogP contribution in [0.2, 0.25) is 0 Å². The van der Waals surface area contributed by atoms with Gasteiger partial charge in [0, 0.05) is 56.1 Å². The zero-order chi connectivity index (χ0) is 20.6. The van der Waals surface area contributed by atoms with Gasteiger partial charge in [0.05, 0.1) is 4.90 Å². The fraction of sp³-hybridized carbons (Fsp3) is 0.238. The lowest BCUT2D eigenvalue weighted by molar-refractivity contribution is 0.0773. The highest BCUT2D eigenvalue weighted by Gasteiger charge is 2.22. The molecule has 1 aliphatic heterocycles.